The molecular weight excluding hydrogens is 535 g/mol. The van der Waals surface area contributed by atoms with Crippen LogP contribution in [0.4, 0.5) is 0 Å². The number of rotatable bonds is 11. The first-order valence-corrected chi connectivity index (χ1v) is 14.1. The monoisotopic (exact) mass is 572 g/mol. The molecule has 0 radical (unpaired) electrons. The van der Waals surface area contributed by atoms with Gasteiger partial charge in [-0.2, -0.15) is 0 Å². The quantitative estimate of drug-likeness (QED) is 0.154. The lowest BCUT2D eigenvalue weighted by molar-refractivity contribution is 0.108. The number of aryl methyl sites for hydroxylation is 1. The summed E-state index contributed by atoms with van der Waals surface area (Å²) < 4.78 is 1.62. The summed E-state index contributed by atoms with van der Waals surface area (Å²) in [7, 11) is 0. The Morgan fingerprint density at radius 3 is 2.11 bits per heavy atom. The molecule has 0 amide bonds. The second-order valence-electron chi connectivity index (χ2n) is 9.60. The number of hydrogen-bond acceptors (Lipinski definition) is 6. The van der Waals surface area contributed by atoms with Crippen molar-refractivity contribution in [1.29, 1.82) is 0 Å². The third kappa shape index (κ3) is 7.93. The molecule has 1 aliphatic rings. The molecule has 0 bridgehead atoms. The third-order valence-corrected chi connectivity index (χ3v) is 8.20. The van der Waals surface area contributed by atoms with Crippen LogP contribution in [0.1, 0.15) is 48.4 Å². The average Bonchev–Trinajstić information content (AvgIpc) is 3.37. The van der Waals surface area contributed by atoms with Gasteiger partial charge < -0.3 is 4.90 Å². The van der Waals surface area contributed by atoms with E-state index < -0.39 is 0 Å². The van der Waals surface area contributed by atoms with Crippen LogP contribution in [-0.4, -0.2) is 68.1 Å². The molecule has 0 saturated carbocycles. The molecule has 2 aromatic carbocycles. The highest BCUT2D eigenvalue weighted by Crippen LogP contribution is 2.29. The van der Waals surface area contributed by atoms with Crippen molar-refractivity contribution in [3.8, 4) is 0 Å². The van der Waals surface area contributed by atoms with Crippen LogP contribution < -0.4 is 0 Å². The van der Waals surface area contributed by atoms with Crippen LogP contribution in [0, 0.1) is 6.92 Å². The van der Waals surface area contributed by atoms with Crippen molar-refractivity contribution < 1.29 is 0 Å². The zero-order valence-electron chi connectivity index (χ0n) is 22.0. The van der Waals surface area contributed by atoms with Gasteiger partial charge in [0.25, 0.3) is 0 Å². The Kier molecular flexibility index (Phi) is 12.3. The van der Waals surface area contributed by atoms with Gasteiger partial charge in [-0.3, -0.25) is 4.90 Å². The van der Waals surface area contributed by atoms with Gasteiger partial charge in [0.05, 0.1) is 6.04 Å². The van der Waals surface area contributed by atoms with Gasteiger partial charge in [-0.15, -0.1) is 51.4 Å². The van der Waals surface area contributed by atoms with E-state index in [2.05, 4.69) is 98.6 Å². The number of aromatic nitrogens is 4. The first-order valence-electron chi connectivity index (χ1n) is 13.1. The molecule has 0 atom stereocenters. The molecule has 9 heteroatoms. The molecule has 204 valence electrons. The Morgan fingerprint density at radius 2 is 1.45 bits per heavy atom. The first-order chi connectivity index (χ1) is 17.8. The summed E-state index contributed by atoms with van der Waals surface area (Å²) in [5.74, 6) is 1.10. The average molecular weight is 574 g/mol. The van der Waals surface area contributed by atoms with Crippen molar-refractivity contribution >= 4 is 42.2 Å². The van der Waals surface area contributed by atoms with Crippen LogP contribution in [0.25, 0.3) is 5.65 Å². The number of thioether (sulfide) groups is 1. The van der Waals surface area contributed by atoms with E-state index in [9.17, 15) is 0 Å². The van der Waals surface area contributed by atoms with Crippen LogP contribution >= 0.6 is 36.6 Å². The standard InChI is InChI=1S/C29H36N6S.2ClH/c1-24-22-27-30-23-31-35(27)32-29(24)36-21-11-3-2-10-16-33-17-19-34(20-18-33)28(25-12-6-4-7-13-25)26-14-8-5-9-15-26;;/h4-9,12-15,22-23,28H,2-3,10-11,16-21H2,1H3;2*1H. The molecule has 0 aliphatic carbocycles. The van der Waals surface area contributed by atoms with E-state index in [0.29, 0.717) is 6.04 Å². The molecule has 2 aromatic heterocycles. The van der Waals surface area contributed by atoms with Gasteiger partial charge in [-0.25, -0.2) is 4.98 Å². The SMILES string of the molecule is Cc1cc2ncnn2nc1SCCCCCCN1CCN(C(c2ccccc2)c2ccccc2)CC1.Cl.Cl. The highest BCUT2D eigenvalue weighted by Gasteiger charge is 2.26. The van der Waals surface area contributed by atoms with Crippen molar-refractivity contribution in [1.82, 2.24) is 29.6 Å². The van der Waals surface area contributed by atoms with Crippen LogP contribution in [-0.2, 0) is 0 Å². The molecule has 0 N–H and O–H groups in total. The Hall–Kier alpha value is -2.16. The van der Waals surface area contributed by atoms with E-state index in [0.717, 1.165) is 42.6 Å². The summed E-state index contributed by atoms with van der Waals surface area (Å²) in [5.41, 5.74) is 4.78. The van der Waals surface area contributed by atoms with Gasteiger partial charge >= 0.3 is 0 Å². The fourth-order valence-corrected chi connectivity index (χ4v) is 6.03. The summed E-state index contributed by atoms with van der Waals surface area (Å²) in [4.78, 5) is 9.51. The van der Waals surface area contributed by atoms with Crippen molar-refractivity contribution in [2.45, 2.75) is 43.7 Å². The predicted octanol–water partition coefficient (Wildman–Crippen LogP) is 6.34. The highest BCUT2D eigenvalue weighted by molar-refractivity contribution is 7.99. The number of benzene rings is 2. The minimum atomic E-state index is 0. The number of halogens is 2. The number of unbranched alkanes of at least 4 members (excludes halogenated alkanes) is 3. The van der Waals surface area contributed by atoms with Crippen molar-refractivity contribution in [3.05, 3.63) is 89.7 Å². The highest BCUT2D eigenvalue weighted by atomic mass is 35.5. The summed E-state index contributed by atoms with van der Waals surface area (Å²) in [6.45, 7) is 7.86. The molecule has 0 unspecified atom stereocenters. The molecule has 38 heavy (non-hydrogen) atoms. The van der Waals surface area contributed by atoms with E-state index in [-0.39, 0.29) is 24.8 Å². The van der Waals surface area contributed by atoms with E-state index in [1.54, 1.807) is 11.0 Å². The van der Waals surface area contributed by atoms with Crippen molar-refractivity contribution in [2.75, 3.05) is 38.5 Å². The van der Waals surface area contributed by atoms with Gasteiger partial charge in [-0.1, -0.05) is 73.5 Å². The van der Waals surface area contributed by atoms with Gasteiger partial charge in [-0.05, 0) is 54.8 Å². The maximum Gasteiger partial charge on any atom is 0.176 e. The number of nitrogens with zero attached hydrogens (tertiary/aromatic N) is 6. The summed E-state index contributed by atoms with van der Waals surface area (Å²) in [6, 6.07) is 24.3. The fourth-order valence-electron chi connectivity index (χ4n) is 5.07. The van der Waals surface area contributed by atoms with Crippen LogP contribution in [0.2, 0.25) is 0 Å². The summed E-state index contributed by atoms with van der Waals surface area (Å²) in [6.07, 6.45) is 6.65. The molecule has 1 fully saturated rings. The molecule has 4 aromatic rings. The Morgan fingerprint density at radius 1 is 0.816 bits per heavy atom. The molecule has 6 nitrogen and oxygen atoms in total. The fraction of sp³-hybridized carbons (Fsp3) is 0.414. The number of piperazine rings is 1. The van der Waals surface area contributed by atoms with Crippen molar-refractivity contribution in [2.24, 2.45) is 0 Å². The van der Waals surface area contributed by atoms with E-state index in [4.69, 9.17) is 0 Å². The topological polar surface area (TPSA) is 49.6 Å². The minimum absolute atomic E-state index is 0. The second kappa shape index (κ2) is 15.4. The zero-order chi connectivity index (χ0) is 24.6. The lowest BCUT2D eigenvalue weighted by Gasteiger charge is -2.39. The van der Waals surface area contributed by atoms with Gasteiger partial charge in [0, 0.05) is 26.2 Å². The largest absolute Gasteiger partial charge is 0.301 e. The number of hydrogen-bond donors (Lipinski definition) is 0. The van der Waals surface area contributed by atoms with Crippen molar-refractivity contribution in [3.63, 3.8) is 0 Å². The van der Waals surface area contributed by atoms with E-state index in [1.165, 1.54) is 48.9 Å². The molecule has 0 spiro atoms. The molecule has 3 heterocycles. The minimum Gasteiger partial charge on any atom is -0.301 e. The first kappa shape index (κ1) is 30.4. The van der Waals surface area contributed by atoms with E-state index in [1.807, 2.05) is 11.8 Å². The summed E-state index contributed by atoms with van der Waals surface area (Å²) in [5, 5.41) is 9.80. The van der Waals surface area contributed by atoms with Gasteiger partial charge in [0.1, 0.15) is 11.4 Å². The smallest absolute Gasteiger partial charge is 0.176 e. The lowest BCUT2D eigenvalue weighted by atomic mass is 9.96. The zero-order valence-corrected chi connectivity index (χ0v) is 24.4. The Bertz CT molecular complexity index is 1180. The third-order valence-electron chi connectivity index (χ3n) is 7.03. The maximum absolute atomic E-state index is 4.58. The van der Waals surface area contributed by atoms with Gasteiger partial charge in [0.2, 0.25) is 0 Å². The van der Waals surface area contributed by atoms with E-state index >= 15 is 0 Å². The maximum atomic E-state index is 4.58. The second-order valence-corrected chi connectivity index (χ2v) is 10.7. The normalized spacial score (nSPS) is 14.4. The Labute approximate surface area is 243 Å². The molecular formula is C29H38Cl2N6S. The molecule has 1 aliphatic heterocycles. The summed E-state index contributed by atoms with van der Waals surface area (Å²) >= 11 is 1.83. The molecule has 5 rings (SSSR count). The predicted molar refractivity (Wildman–Crippen MR) is 162 cm³/mol. The molecule has 1 saturated heterocycles. The van der Waals surface area contributed by atoms with Crippen LogP contribution in [0.15, 0.2) is 78.1 Å². The van der Waals surface area contributed by atoms with Gasteiger partial charge in [0.15, 0.2) is 5.65 Å². The Balaban J connectivity index is 0.00000200. The lowest BCUT2D eigenvalue weighted by Crippen LogP contribution is -2.48. The van der Waals surface area contributed by atoms with Crippen LogP contribution in [0.5, 0.6) is 0 Å². The number of fused-ring (bicyclic) bond motifs is 1. The van der Waals surface area contributed by atoms with Crippen LogP contribution in [0.3, 0.4) is 0 Å².